The topological polar surface area (TPSA) is 64.9 Å². The Labute approximate surface area is 91.3 Å². The number of unbranched alkanes of at least 4 members (excludes halogenated alkanes) is 1. The second-order valence-electron chi connectivity index (χ2n) is 3.15. The zero-order chi connectivity index (χ0) is 9.52. The Hall–Kier alpha value is -0.640. The van der Waals surface area contributed by atoms with E-state index in [1.165, 1.54) is 0 Å². The quantitative estimate of drug-likeness (QED) is 0.734. The highest BCUT2D eigenvalue weighted by Crippen LogP contribution is 2.13. The van der Waals surface area contributed by atoms with E-state index in [1.54, 1.807) is 6.20 Å². The molecule has 0 amide bonds. The first-order chi connectivity index (χ1) is 6.34. The van der Waals surface area contributed by atoms with Crippen LogP contribution in [-0.2, 0) is 0 Å². The highest BCUT2D eigenvalue weighted by Gasteiger charge is 2.04. The Kier molecular flexibility index (Phi) is 7.38. The molecule has 1 aromatic rings. The molecule has 0 fully saturated rings. The second kappa shape index (κ2) is 7.74. The summed E-state index contributed by atoms with van der Waals surface area (Å²) in [5, 5.41) is 0. The molecule has 0 aromatic carbocycles. The van der Waals surface area contributed by atoms with Gasteiger partial charge in [-0.25, -0.2) is 0 Å². The van der Waals surface area contributed by atoms with Crippen molar-refractivity contribution in [2.75, 3.05) is 6.54 Å². The third-order valence-corrected chi connectivity index (χ3v) is 2.04. The van der Waals surface area contributed by atoms with Crippen LogP contribution in [0.15, 0.2) is 24.4 Å². The van der Waals surface area contributed by atoms with E-state index in [2.05, 4.69) is 4.98 Å². The maximum atomic E-state index is 5.93. The molecule has 0 aliphatic carbocycles. The van der Waals surface area contributed by atoms with Gasteiger partial charge in [-0.1, -0.05) is 12.5 Å². The first kappa shape index (κ1) is 13.4. The minimum absolute atomic E-state index is 0. The molecule has 0 radical (unpaired) electrons. The summed E-state index contributed by atoms with van der Waals surface area (Å²) in [4.78, 5) is 4.20. The fraction of sp³-hybridized carbons (Fsp3) is 0.500. The lowest BCUT2D eigenvalue weighted by Gasteiger charge is -2.09. The molecule has 0 aliphatic rings. The van der Waals surface area contributed by atoms with E-state index >= 15 is 0 Å². The van der Waals surface area contributed by atoms with Gasteiger partial charge in [0.15, 0.2) is 0 Å². The molecule has 3 nitrogen and oxygen atoms in total. The van der Waals surface area contributed by atoms with Gasteiger partial charge >= 0.3 is 0 Å². The van der Waals surface area contributed by atoms with Crippen LogP contribution in [0.25, 0.3) is 0 Å². The molecule has 0 saturated carbocycles. The Balaban J connectivity index is 0.00000169. The normalized spacial score (nSPS) is 11.9. The molecule has 1 atom stereocenters. The van der Waals surface area contributed by atoms with E-state index in [4.69, 9.17) is 11.5 Å². The summed E-state index contributed by atoms with van der Waals surface area (Å²) in [7, 11) is 0. The van der Waals surface area contributed by atoms with Gasteiger partial charge in [0.1, 0.15) is 0 Å². The lowest BCUT2D eigenvalue weighted by Crippen LogP contribution is -2.12. The van der Waals surface area contributed by atoms with Crippen molar-refractivity contribution in [1.82, 2.24) is 4.98 Å². The fourth-order valence-electron chi connectivity index (χ4n) is 1.25. The van der Waals surface area contributed by atoms with Crippen LogP contribution < -0.4 is 11.5 Å². The standard InChI is InChI=1S/C10H17N3.ClH/c11-7-3-1-5-9(12)10-6-2-4-8-13-10;/h2,4,6,8-9H,1,3,5,7,11-12H2;1H/t9-;/m0./s1. The predicted molar refractivity (Wildman–Crippen MR) is 61.3 cm³/mol. The van der Waals surface area contributed by atoms with Crippen molar-refractivity contribution >= 4 is 12.4 Å². The van der Waals surface area contributed by atoms with E-state index in [1.807, 2.05) is 18.2 Å². The van der Waals surface area contributed by atoms with Gasteiger partial charge in [0.2, 0.25) is 0 Å². The number of aromatic nitrogens is 1. The first-order valence-corrected chi connectivity index (χ1v) is 4.71. The van der Waals surface area contributed by atoms with Gasteiger partial charge < -0.3 is 11.5 Å². The van der Waals surface area contributed by atoms with Crippen molar-refractivity contribution in [3.05, 3.63) is 30.1 Å². The summed E-state index contributed by atoms with van der Waals surface area (Å²) in [6.07, 6.45) is 4.86. The van der Waals surface area contributed by atoms with E-state index in [0.29, 0.717) is 0 Å². The Morgan fingerprint density at radius 3 is 2.64 bits per heavy atom. The molecule has 4 heteroatoms. The van der Waals surface area contributed by atoms with Crippen LogP contribution in [0, 0.1) is 0 Å². The summed E-state index contributed by atoms with van der Waals surface area (Å²) in [5.41, 5.74) is 12.3. The Morgan fingerprint density at radius 2 is 2.07 bits per heavy atom. The highest BCUT2D eigenvalue weighted by atomic mass is 35.5. The van der Waals surface area contributed by atoms with Gasteiger partial charge in [-0.15, -0.1) is 12.4 Å². The van der Waals surface area contributed by atoms with Crippen molar-refractivity contribution < 1.29 is 0 Å². The number of hydrogen-bond donors (Lipinski definition) is 2. The molecule has 0 saturated heterocycles. The second-order valence-corrected chi connectivity index (χ2v) is 3.15. The molecule has 14 heavy (non-hydrogen) atoms. The summed E-state index contributed by atoms with van der Waals surface area (Å²) < 4.78 is 0. The predicted octanol–water partition coefficient (Wildman–Crippen LogP) is 1.63. The molecular formula is C10H18ClN3. The third-order valence-electron chi connectivity index (χ3n) is 2.04. The summed E-state index contributed by atoms with van der Waals surface area (Å²) in [6, 6.07) is 5.89. The summed E-state index contributed by atoms with van der Waals surface area (Å²) >= 11 is 0. The van der Waals surface area contributed by atoms with Crippen LogP contribution >= 0.6 is 12.4 Å². The summed E-state index contributed by atoms with van der Waals surface area (Å²) in [5.74, 6) is 0. The number of hydrogen-bond acceptors (Lipinski definition) is 3. The maximum absolute atomic E-state index is 5.93. The lowest BCUT2D eigenvalue weighted by atomic mass is 10.1. The van der Waals surface area contributed by atoms with Crippen molar-refractivity contribution in [2.24, 2.45) is 11.5 Å². The third kappa shape index (κ3) is 4.56. The molecule has 4 N–H and O–H groups in total. The van der Waals surface area contributed by atoms with Gasteiger partial charge in [-0.05, 0) is 31.5 Å². The number of nitrogens with two attached hydrogens (primary N) is 2. The number of pyridine rings is 1. The highest BCUT2D eigenvalue weighted by molar-refractivity contribution is 5.85. The van der Waals surface area contributed by atoms with Gasteiger partial charge in [0.25, 0.3) is 0 Å². The number of halogens is 1. The monoisotopic (exact) mass is 215 g/mol. The van der Waals surface area contributed by atoms with Crippen LogP contribution in [-0.4, -0.2) is 11.5 Å². The molecule has 1 rings (SSSR count). The largest absolute Gasteiger partial charge is 0.330 e. The smallest absolute Gasteiger partial charge is 0.0570 e. The molecule has 0 aliphatic heterocycles. The summed E-state index contributed by atoms with van der Waals surface area (Å²) in [6.45, 7) is 0.745. The van der Waals surface area contributed by atoms with E-state index in [0.717, 1.165) is 31.5 Å². The zero-order valence-corrected chi connectivity index (χ0v) is 9.04. The van der Waals surface area contributed by atoms with Gasteiger partial charge in [-0.2, -0.15) is 0 Å². The number of nitrogens with zero attached hydrogens (tertiary/aromatic N) is 1. The van der Waals surface area contributed by atoms with Crippen molar-refractivity contribution in [3.63, 3.8) is 0 Å². The molecular weight excluding hydrogens is 198 g/mol. The van der Waals surface area contributed by atoms with Crippen molar-refractivity contribution in [2.45, 2.75) is 25.3 Å². The van der Waals surface area contributed by atoms with Crippen LogP contribution in [0.3, 0.4) is 0 Å². The molecule has 80 valence electrons. The molecule has 0 bridgehead atoms. The molecule has 1 heterocycles. The first-order valence-electron chi connectivity index (χ1n) is 4.71. The van der Waals surface area contributed by atoms with Crippen LogP contribution in [0.2, 0.25) is 0 Å². The minimum atomic E-state index is 0. The lowest BCUT2D eigenvalue weighted by molar-refractivity contribution is 0.579. The Morgan fingerprint density at radius 1 is 1.29 bits per heavy atom. The van der Waals surface area contributed by atoms with Gasteiger partial charge in [0, 0.05) is 12.2 Å². The van der Waals surface area contributed by atoms with Crippen molar-refractivity contribution in [1.29, 1.82) is 0 Å². The SMILES string of the molecule is Cl.NCCCC[C@H](N)c1ccccn1. The van der Waals surface area contributed by atoms with Crippen LogP contribution in [0.4, 0.5) is 0 Å². The van der Waals surface area contributed by atoms with E-state index in [-0.39, 0.29) is 18.4 Å². The Bertz CT molecular complexity index is 228. The van der Waals surface area contributed by atoms with Crippen LogP contribution in [0.5, 0.6) is 0 Å². The number of rotatable bonds is 5. The van der Waals surface area contributed by atoms with Crippen molar-refractivity contribution in [3.8, 4) is 0 Å². The average molecular weight is 216 g/mol. The molecule has 0 unspecified atom stereocenters. The molecule has 1 aromatic heterocycles. The molecule has 0 spiro atoms. The van der Waals surface area contributed by atoms with Crippen LogP contribution in [0.1, 0.15) is 31.0 Å². The van der Waals surface area contributed by atoms with Gasteiger partial charge in [-0.3, -0.25) is 4.98 Å². The average Bonchev–Trinajstić information content (AvgIpc) is 2.19. The minimum Gasteiger partial charge on any atom is -0.330 e. The van der Waals surface area contributed by atoms with E-state index in [9.17, 15) is 0 Å². The van der Waals surface area contributed by atoms with Gasteiger partial charge in [0.05, 0.1) is 5.69 Å². The maximum Gasteiger partial charge on any atom is 0.0570 e. The van der Waals surface area contributed by atoms with E-state index < -0.39 is 0 Å². The fourth-order valence-corrected chi connectivity index (χ4v) is 1.25. The zero-order valence-electron chi connectivity index (χ0n) is 8.23.